The highest BCUT2D eigenvalue weighted by Crippen LogP contribution is 2.13. The number of halogens is 1. The number of nitrogens with two attached hydrogens (primary N) is 2. The highest BCUT2D eigenvalue weighted by molar-refractivity contribution is 5.98. The van der Waals surface area contributed by atoms with Crippen LogP contribution in [-0.2, 0) is 0 Å². The first-order valence-electron chi connectivity index (χ1n) is 4.60. The molecule has 4 nitrogen and oxygen atoms in total. The molecule has 15 heavy (non-hydrogen) atoms. The number of benzene rings is 1. The van der Waals surface area contributed by atoms with E-state index in [1.54, 1.807) is 0 Å². The molecule has 0 aromatic heterocycles. The van der Waals surface area contributed by atoms with Crippen LogP contribution in [0.3, 0.4) is 0 Å². The number of nitrogen functional groups attached to an aromatic ring is 1. The topological polar surface area (TPSA) is 72.3 Å². The number of anilines is 1. The Bertz CT molecular complexity index is 339. The van der Waals surface area contributed by atoms with Crippen molar-refractivity contribution in [3.05, 3.63) is 29.6 Å². The predicted octanol–water partition coefficient (Wildman–Crippen LogP) is 1.38. The second-order valence-corrected chi connectivity index (χ2v) is 2.65. The fraction of sp³-hybridized carbons (Fsp3) is 0.300. The molecule has 0 atom stereocenters. The monoisotopic (exact) mass is 213 g/mol. The number of hydrogen-bond acceptors (Lipinski definition) is 3. The number of amides is 1. The second kappa shape index (κ2) is 5.98. The second-order valence-electron chi connectivity index (χ2n) is 2.65. The molecule has 0 saturated carbocycles. The number of nitrogens with zero attached hydrogens (tertiary/aromatic N) is 1. The molecule has 1 amide bonds. The molecular formula is C10H16FN3O. The molecule has 0 radical (unpaired) electrons. The van der Waals surface area contributed by atoms with E-state index in [9.17, 15) is 9.18 Å². The van der Waals surface area contributed by atoms with Crippen LogP contribution in [-0.4, -0.2) is 18.0 Å². The fourth-order valence-corrected chi connectivity index (χ4v) is 0.918. The summed E-state index contributed by atoms with van der Waals surface area (Å²) in [5.74, 6) is 4.28. The summed E-state index contributed by atoms with van der Waals surface area (Å²) in [6.45, 7) is 4.00. The summed E-state index contributed by atoms with van der Waals surface area (Å²) in [6, 6.07) is 3.54. The van der Waals surface area contributed by atoms with Gasteiger partial charge < -0.3 is 5.73 Å². The van der Waals surface area contributed by atoms with Gasteiger partial charge in [0.1, 0.15) is 5.82 Å². The molecule has 5 heteroatoms. The van der Waals surface area contributed by atoms with E-state index >= 15 is 0 Å². The van der Waals surface area contributed by atoms with Crippen LogP contribution >= 0.6 is 0 Å². The normalized spacial score (nSPS) is 8.87. The van der Waals surface area contributed by atoms with Crippen molar-refractivity contribution >= 4 is 11.6 Å². The Labute approximate surface area is 88.6 Å². The maximum atomic E-state index is 12.6. The molecule has 0 spiro atoms. The largest absolute Gasteiger partial charge is 0.398 e. The zero-order valence-corrected chi connectivity index (χ0v) is 9.12. The molecule has 84 valence electrons. The summed E-state index contributed by atoms with van der Waals surface area (Å²) in [7, 11) is 1.39. The lowest BCUT2D eigenvalue weighted by atomic mass is 10.1. The SMILES string of the molecule is CC.CN(N)C(=O)c1ccc(F)cc1N. The van der Waals surface area contributed by atoms with Gasteiger partial charge >= 0.3 is 0 Å². The van der Waals surface area contributed by atoms with Crippen LogP contribution in [0.2, 0.25) is 0 Å². The first kappa shape index (κ1) is 13.4. The van der Waals surface area contributed by atoms with Crippen molar-refractivity contribution < 1.29 is 9.18 Å². The van der Waals surface area contributed by atoms with E-state index in [2.05, 4.69) is 0 Å². The molecule has 0 aliphatic carbocycles. The van der Waals surface area contributed by atoms with Gasteiger partial charge in [-0.1, -0.05) is 13.8 Å². The van der Waals surface area contributed by atoms with E-state index in [1.807, 2.05) is 13.8 Å². The van der Waals surface area contributed by atoms with Crippen LogP contribution < -0.4 is 11.6 Å². The van der Waals surface area contributed by atoms with Crippen molar-refractivity contribution in [3.63, 3.8) is 0 Å². The van der Waals surface area contributed by atoms with Crippen LogP contribution in [0.1, 0.15) is 24.2 Å². The summed E-state index contributed by atoms with van der Waals surface area (Å²) in [6.07, 6.45) is 0. The average Bonchev–Trinajstić information content (AvgIpc) is 2.20. The van der Waals surface area contributed by atoms with Gasteiger partial charge in [-0.25, -0.2) is 10.2 Å². The van der Waals surface area contributed by atoms with E-state index in [-0.39, 0.29) is 11.3 Å². The number of hydrazine groups is 1. The van der Waals surface area contributed by atoms with E-state index in [0.717, 1.165) is 17.1 Å². The van der Waals surface area contributed by atoms with Crippen molar-refractivity contribution in [3.8, 4) is 0 Å². The third-order valence-electron chi connectivity index (χ3n) is 1.56. The van der Waals surface area contributed by atoms with E-state index in [0.29, 0.717) is 0 Å². The van der Waals surface area contributed by atoms with Gasteiger partial charge in [0.25, 0.3) is 5.91 Å². The Kier molecular flexibility index (Phi) is 5.33. The van der Waals surface area contributed by atoms with Gasteiger partial charge in [0.05, 0.1) is 5.56 Å². The van der Waals surface area contributed by atoms with Crippen LogP contribution in [0.25, 0.3) is 0 Å². The smallest absolute Gasteiger partial charge is 0.269 e. The standard InChI is InChI=1S/C8H10FN3O.C2H6/c1-12(11)8(13)6-3-2-5(9)4-7(6)10;1-2/h2-4H,10-11H2,1H3;1-2H3. The fourth-order valence-electron chi connectivity index (χ4n) is 0.918. The van der Waals surface area contributed by atoms with Crippen molar-refractivity contribution in [1.82, 2.24) is 5.01 Å². The molecule has 4 N–H and O–H groups in total. The lowest BCUT2D eigenvalue weighted by Crippen LogP contribution is -2.33. The highest BCUT2D eigenvalue weighted by Gasteiger charge is 2.11. The van der Waals surface area contributed by atoms with E-state index < -0.39 is 11.7 Å². The van der Waals surface area contributed by atoms with Gasteiger partial charge in [-0.15, -0.1) is 0 Å². The Morgan fingerprint density at radius 1 is 1.40 bits per heavy atom. The molecule has 0 fully saturated rings. The number of carbonyl (C=O) groups excluding carboxylic acids is 1. The molecule has 1 rings (SSSR count). The van der Waals surface area contributed by atoms with Crippen LogP contribution in [0, 0.1) is 5.82 Å². The van der Waals surface area contributed by atoms with Crippen LogP contribution in [0.5, 0.6) is 0 Å². The minimum atomic E-state index is -0.478. The van der Waals surface area contributed by atoms with Gasteiger partial charge in [0.2, 0.25) is 0 Å². The summed E-state index contributed by atoms with van der Waals surface area (Å²) in [5, 5.41) is 0.892. The third-order valence-corrected chi connectivity index (χ3v) is 1.56. The Hall–Kier alpha value is -1.62. The quantitative estimate of drug-likeness (QED) is 0.320. The van der Waals surface area contributed by atoms with Crippen molar-refractivity contribution in [2.75, 3.05) is 12.8 Å². The Morgan fingerprint density at radius 2 is 1.93 bits per heavy atom. The minimum absolute atomic E-state index is 0.0855. The number of rotatable bonds is 1. The summed E-state index contributed by atoms with van der Waals surface area (Å²) in [5.41, 5.74) is 5.70. The first-order chi connectivity index (χ1) is 7.02. The molecule has 0 bridgehead atoms. The molecule has 0 saturated heterocycles. The zero-order valence-electron chi connectivity index (χ0n) is 9.12. The van der Waals surface area contributed by atoms with E-state index in [1.165, 1.54) is 13.1 Å². The first-order valence-corrected chi connectivity index (χ1v) is 4.60. The lowest BCUT2D eigenvalue weighted by molar-refractivity contribution is 0.0796. The lowest BCUT2D eigenvalue weighted by Gasteiger charge is -2.11. The van der Waals surface area contributed by atoms with Crippen LogP contribution in [0.15, 0.2) is 18.2 Å². The van der Waals surface area contributed by atoms with Gasteiger partial charge in [0, 0.05) is 12.7 Å². The third kappa shape index (κ3) is 3.55. The van der Waals surface area contributed by atoms with Crippen LogP contribution in [0.4, 0.5) is 10.1 Å². The molecule has 0 aliphatic heterocycles. The van der Waals surface area contributed by atoms with Gasteiger partial charge in [-0.3, -0.25) is 9.80 Å². The molecule has 1 aromatic rings. The zero-order chi connectivity index (χ0) is 12.0. The summed E-state index contributed by atoms with van der Waals surface area (Å²) in [4.78, 5) is 11.3. The Balaban J connectivity index is 0.000000921. The predicted molar refractivity (Wildman–Crippen MR) is 58.4 cm³/mol. The van der Waals surface area contributed by atoms with Crippen molar-refractivity contribution in [2.24, 2.45) is 5.84 Å². The number of hydrogen-bond donors (Lipinski definition) is 2. The van der Waals surface area contributed by atoms with Gasteiger partial charge in [0.15, 0.2) is 0 Å². The van der Waals surface area contributed by atoms with Gasteiger partial charge in [-0.2, -0.15) is 0 Å². The van der Waals surface area contributed by atoms with E-state index in [4.69, 9.17) is 11.6 Å². The summed E-state index contributed by atoms with van der Waals surface area (Å²) < 4.78 is 12.6. The molecular weight excluding hydrogens is 197 g/mol. The Morgan fingerprint density at radius 3 is 2.33 bits per heavy atom. The number of carbonyl (C=O) groups is 1. The molecule has 0 heterocycles. The minimum Gasteiger partial charge on any atom is -0.398 e. The van der Waals surface area contributed by atoms with Gasteiger partial charge in [-0.05, 0) is 18.2 Å². The maximum absolute atomic E-state index is 12.6. The highest BCUT2D eigenvalue weighted by atomic mass is 19.1. The van der Waals surface area contributed by atoms with Crippen molar-refractivity contribution in [1.29, 1.82) is 0 Å². The summed E-state index contributed by atoms with van der Waals surface area (Å²) >= 11 is 0. The molecule has 0 unspecified atom stereocenters. The van der Waals surface area contributed by atoms with Crippen molar-refractivity contribution in [2.45, 2.75) is 13.8 Å². The maximum Gasteiger partial charge on any atom is 0.269 e. The molecule has 1 aromatic carbocycles. The molecule has 0 aliphatic rings. The average molecular weight is 213 g/mol.